The summed E-state index contributed by atoms with van der Waals surface area (Å²) in [5, 5.41) is 18.7. The first-order valence-electron chi connectivity index (χ1n) is 5.65. The fraction of sp³-hybridized carbons (Fsp3) is 0. The van der Waals surface area contributed by atoms with Crippen LogP contribution in [0.25, 0.3) is 0 Å². The zero-order valence-electron chi connectivity index (χ0n) is 10.5. The monoisotopic (exact) mass is 325 g/mol. The number of nitro groups is 1. The SMILES string of the molecule is N=C(N)c1ccccc1Oc1cc(Cl)c(Cl)cc1[N+](=O)[O-]. The van der Waals surface area contributed by atoms with Crippen LogP contribution in [0.1, 0.15) is 5.56 Å². The van der Waals surface area contributed by atoms with Gasteiger partial charge < -0.3 is 10.5 Å². The third-order valence-corrected chi connectivity index (χ3v) is 3.32. The molecular formula is C13H9Cl2N3O3. The van der Waals surface area contributed by atoms with E-state index in [1.54, 1.807) is 24.3 Å². The minimum Gasteiger partial charge on any atom is -0.449 e. The highest BCUT2D eigenvalue weighted by Gasteiger charge is 2.20. The first-order valence-corrected chi connectivity index (χ1v) is 6.40. The van der Waals surface area contributed by atoms with E-state index in [1.165, 1.54) is 6.07 Å². The van der Waals surface area contributed by atoms with Gasteiger partial charge in [0.1, 0.15) is 11.6 Å². The number of nitrogen functional groups attached to an aromatic ring is 1. The van der Waals surface area contributed by atoms with Crippen molar-refractivity contribution in [2.75, 3.05) is 0 Å². The molecule has 8 heteroatoms. The predicted octanol–water partition coefficient (Wildman–Crippen LogP) is 3.98. The Bertz CT molecular complexity index is 735. The molecule has 0 spiro atoms. The normalized spacial score (nSPS) is 10.2. The quantitative estimate of drug-likeness (QED) is 0.384. The molecule has 0 aromatic heterocycles. The first kappa shape index (κ1) is 15.1. The lowest BCUT2D eigenvalue weighted by molar-refractivity contribution is -0.385. The van der Waals surface area contributed by atoms with E-state index in [4.69, 9.17) is 39.1 Å². The third-order valence-electron chi connectivity index (χ3n) is 2.60. The van der Waals surface area contributed by atoms with E-state index in [2.05, 4.69) is 0 Å². The molecule has 2 aromatic rings. The Hall–Kier alpha value is -2.31. The number of nitrogens with one attached hydrogen (secondary N) is 1. The van der Waals surface area contributed by atoms with Gasteiger partial charge in [-0.25, -0.2) is 0 Å². The number of hydrogen-bond acceptors (Lipinski definition) is 4. The van der Waals surface area contributed by atoms with Gasteiger partial charge in [-0.2, -0.15) is 0 Å². The Morgan fingerprint density at radius 3 is 2.43 bits per heavy atom. The minimum atomic E-state index is -0.631. The largest absolute Gasteiger partial charge is 0.449 e. The van der Waals surface area contributed by atoms with Crippen molar-refractivity contribution in [1.29, 1.82) is 5.41 Å². The highest BCUT2D eigenvalue weighted by atomic mass is 35.5. The summed E-state index contributed by atoms with van der Waals surface area (Å²) in [7, 11) is 0. The number of ether oxygens (including phenoxy) is 1. The number of nitro benzene ring substituents is 1. The topological polar surface area (TPSA) is 102 Å². The van der Waals surface area contributed by atoms with Crippen molar-refractivity contribution in [2.24, 2.45) is 5.73 Å². The van der Waals surface area contributed by atoms with Crippen LogP contribution in [0.15, 0.2) is 36.4 Å². The molecule has 0 aliphatic carbocycles. The number of hydrogen-bond donors (Lipinski definition) is 2. The van der Waals surface area contributed by atoms with E-state index in [1.807, 2.05) is 0 Å². The molecule has 0 atom stereocenters. The Morgan fingerprint density at radius 1 is 1.19 bits per heavy atom. The number of halogens is 2. The van der Waals surface area contributed by atoms with E-state index < -0.39 is 4.92 Å². The molecule has 21 heavy (non-hydrogen) atoms. The first-order chi connectivity index (χ1) is 9.90. The van der Waals surface area contributed by atoms with Crippen molar-refractivity contribution in [2.45, 2.75) is 0 Å². The van der Waals surface area contributed by atoms with E-state index in [0.29, 0.717) is 5.56 Å². The molecule has 0 aliphatic rings. The number of nitrogens with zero attached hydrogens (tertiary/aromatic N) is 1. The third kappa shape index (κ3) is 3.24. The lowest BCUT2D eigenvalue weighted by Crippen LogP contribution is -2.12. The van der Waals surface area contributed by atoms with Crippen LogP contribution >= 0.6 is 23.2 Å². The van der Waals surface area contributed by atoms with Gasteiger partial charge in [0.25, 0.3) is 0 Å². The number of amidine groups is 1. The molecule has 0 fully saturated rings. The molecule has 0 radical (unpaired) electrons. The Morgan fingerprint density at radius 2 is 1.81 bits per heavy atom. The van der Waals surface area contributed by atoms with Crippen molar-refractivity contribution in [3.8, 4) is 11.5 Å². The van der Waals surface area contributed by atoms with Crippen molar-refractivity contribution < 1.29 is 9.66 Å². The molecule has 0 bridgehead atoms. The van der Waals surface area contributed by atoms with Gasteiger partial charge in [0, 0.05) is 12.1 Å². The molecular weight excluding hydrogens is 317 g/mol. The van der Waals surface area contributed by atoms with E-state index in [-0.39, 0.29) is 33.1 Å². The second-order valence-corrected chi connectivity index (χ2v) is 4.82. The molecule has 0 heterocycles. The van der Waals surface area contributed by atoms with Gasteiger partial charge in [0.2, 0.25) is 5.75 Å². The lowest BCUT2D eigenvalue weighted by Gasteiger charge is -2.11. The summed E-state index contributed by atoms with van der Waals surface area (Å²) in [5.41, 5.74) is 5.43. The second-order valence-electron chi connectivity index (χ2n) is 4.00. The van der Waals surface area contributed by atoms with Gasteiger partial charge in [0.15, 0.2) is 0 Å². The lowest BCUT2D eigenvalue weighted by atomic mass is 10.2. The van der Waals surface area contributed by atoms with E-state index >= 15 is 0 Å². The smallest absolute Gasteiger partial charge is 0.313 e. The standard InChI is InChI=1S/C13H9Cl2N3O3/c14-8-5-10(18(19)20)12(6-9(8)15)21-11-4-2-1-3-7(11)13(16)17/h1-6H,(H3,16,17). The molecule has 108 valence electrons. The summed E-state index contributed by atoms with van der Waals surface area (Å²) in [6.07, 6.45) is 0. The Balaban J connectivity index is 2.52. The van der Waals surface area contributed by atoms with Crippen LogP contribution < -0.4 is 10.5 Å². The average molecular weight is 326 g/mol. The Kier molecular flexibility index (Phi) is 4.30. The number of nitrogens with two attached hydrogens (primary N) is 1. The number of rotatable bonds is 4. The summed E-state index contributed by atoms with van der Waals surface area (Å²) in [5.74, 6) is -0.0806. The predicted molar refractivity (Wildman–Crippen MR) is 80.6 cm³/mol. The van der Waals surface area contributed by atoms with Crippen molar-refractivity contribution in [1.82, 2.24) is 0 Å². The van der Waals surface area contributed by atoms with Gasteiger partial charge in [-0.1, -0.05) is 35.3 Å². The summed E-state index contributed by atoms with van der Waals surface area (Å²) in [4.78, 5) is 10.4. The molecule has 2 aromatic carbocycles. The van der Waals surface area contributed by atoms with E-state index in [9.17, 15) is 10.1 Å². The van der Waals surface area contributed by atoms with Crippen molar-refractivity contribution >= 4 is 34.7 Å². The van der Waals surface area contributed by atoms with Gasteiger partial charge in [0.05, 0.1) is 20.5 Å². The summed E-state index contributed by atoms with van der Waals surface area (Å²) in [6, 6.07) is 8.80. The molecule has 0 aliphatic heterocycles. The maximum Gasteiger partial charge on any atom is 0.313 e. The molecule has 0 amide bonds. The number of para-hydroxylation sites is 1. The summed E-state index contributed by atoms with van der Waals surface area (Å²) in [6.45, 7) is 0. The average Bonchev–Trinajstić information content (AvgIpc) is 2.42. The van der Waals surface area contributed by atoms with Crippen LogP contribution in [0.5, 0.6) is 11.5 Å². The molecule has 2 rings (SSSR count). The molecule has 0 saturated heterocycles. The minimum absolute atomic E-state index is 0.0515. The van der Waals surface area contributed by atoms with Gasteiger partial charge in [-0.05, 0) is 12.1 Å². The van der Waals surface area contributed by atoms with Crippen LogP contribution in [-0.4, -0.2) is 10.8 Å². The maximum atomic E-state index is 11.1. The molecule has 0 unspecified atom stereocenters. The van der Waals surface area contributed by atoms with Crippen molar-refractivity contribution in [3.63, 3.8) is 0 Å². The van der Waals surface area contributed by atoms with Gasteiger partial charge >= 0.3 is 5.69 Å². The van der Waals surface area contributed by atoms with Crippen molar-refractivity contribution in [3.05, 3.63) is 62.1 Å². The zero-order valence-corrected chi connectivity index (χ0v) is 12.0. The molecule has 6 nitrogen and oxygen atoms in total. The fourth-order valence-corrected chi connectivity index (χ4v) is 1.95. The number of benzene rings is 2. The maximum absolute atomic E-state index is 11.1. The summed E-state index contributed by atoms with van der Waals surface area (Å²) < 4.78 is 5.49. The molecule has 0 saturated carbocycles. The second kappa shape index (κ2) is 5.99. The summed E-state index contributed by atoms with van der Waals surface area (Å²) >= 11 is 11.6. The van der Waals surface area contributed by atoms with Crippen LogP contribution in [0.3, 0.4) is 0 Å². The fourth-order valence-electron chi connectivity index (χ4n) is 1.64. The molecule has 3 N–H and O–H groups in total. The highest BCUT2D eigenvalue weighted by Crippen LogP contribution is 2.38. The van der Waals surface area contributed by atoms with E-state index in [0.717, 1.165) is 6.07 Å². The van der Waals surface area contributed by atoms with Crippen LogP contribution in [0, 0.1) is 15.5 Å². The van der Waals surface area contributed by atoms with Gasteiger partial charge in [-0.15, -0.1) is 0 Å². The highest BCUT2D eigenvalue weighted by molar-refractivity contribution is 6.42. The van der Waals surface area contributed by atoms with Gasteiger partial charge in [-0.3, -0.25) is 15.5 Å². The van der Waals surface area contributed by atoms with Crippen LogP contribution in [0.4, 0.5) is 5.69 Å². The van der Waals surface area contributed by atoms with Crippen LogP contribution in [-0.2, 0) is 0 Å². The zero-order chi connectivity index (χ0) is 15.6. The Labute approximate surface area is 129 Å². The van der Waals surface area contributed by atoms with Crippen LogP contribution in [0.2, 0.25) is 10.0 Å².